The number of rotatable bonds is 5. The van der Waals surface area contributed by atoms with E-state index in [1.807, 2.05) is 0 Å². The molecule has 1 aliphatic rings. The maximum atomic E-state index is 14.6. The molecule has 1 heterocycles. The zero-order valence-electron chi connectivity index (χ0n) is 15.7. The number of carbonyl (C=O) groups is 1. The van der Waals surface area contributed by atoms with Gasteiger partial charge in [0.1, 0.15) is 10.7 Å². The van der Waals surface area contributed by atoms with Crippen LogP contribution in [0.5, 0.6) is 0 Å². The van der Waals surface area contributed by atoms with Crippen LogP contribution in [0.15, 0.2) is 41.3 Å². The van der Waals surface area contributed by atoms with Crippen LogP contribution in [0.2, 0.25) is 5.02 Å². The van der Waals surface area contributed by atoms with Gasteiger partial charge in [-0.25, -0.2) is 17.5 Å². The summed E-state index contributed by atoms with van der Waals surface area (Å²) in [5, 5.41) is 5.61. The van der Waals surface area contributed by atoms with E-state index < -0.39 is 26.6 Å². The van der Waals surface area contributed by atoms with Crippen molar-refractivity contribution in [2.45, 2.75) is 30.7 Å². The molecule has 2 aromatic rings. The number of halogens is 3. The van der Waals surface area contributed by atoms with Gasteiger partial charge in [0, 0.05) is 17.7 Å². The van der Waals surface area contributed by atoms with E-state index in [1.54, 1.807) is 31.2 Å². The Labute approximate surface area is 180 Å². The first-order chi connectivity index (χ1) is 13.3. The van der Waals surface area contributed by atoms with E-state index in [1.165, 1.54) is 0 Å². The smallest absolute Gasteiger partial charge is 0.255 e. The highest BCUT2D eigenvalue weighted by atomic mass is 35.5. The molecule has 0 atom stereocenters. The van der Waals surface area contributed by atoms with Gasteiger partial charge in [0.05, 0.1) is 10.7 Å². The second-order valence-corrected chi connectivity index (χ2v) is 8.77. The number of sulfonamides is 1. The van der Waals surface area contributed by atoms with E-state index in [0.29, 0.717) is 31.5 Å². The number of piperidine rings is 1. The molecule has 0 aromatic heterocycles. The van der Waals surface area contributed by atoms with E-state index in [0.717, 1.165) is 17.7 Å². The third kappa shape index (κ3) is 5.67. The summed E-state index contributed by atoms with van der Waals surface area (Å²) < 4.78 is 42.2. The molecule has 0 unspecified atom stereocenters. The van der Waals surface area contributed by atoms with E-state index >= 15 is 0 Å². The van der Waals surface area contributed by atoms with Gasteiger partial charge < -0.3 is 10.6 Å². The van der Waals surface area contributed by atoms with Crippen LogP contribution in [-0.2, 0) is 10.0 Å². The summed E-state index contributed by atoms with van der Waals surface area (Å²) in [6.07, 6.45) is 1.25. The molecular weight excluding hydrogens is 440 g/mol. The van der Waals surface area contributed by atoms with Crippen LogP contribution >= 0.6 is 24.0 Å². The maximum absolute atomic E-state index is 14.6. The van der Waals surface area contributed by atoms with Crippen molar-refractivity contribution in [2.24, 2.45) is 0 Å². The molecule has 0 bridgehead atoms. The number of hydrogen-bond donors (Lipinski definition) is 3. The average molecular weight is 462 g/mol. The fourth-order valence-electron chi connectivity index (χ4n) is 3.07. The van der Waals surface area contributed by atoms with Crippen LogP contribution in [-0.4, -0.2) is 33.5 Å². The number of amides is 1. The third-order valence-corrected chi connectivity index (χ3v) is 6.46. The molecule has 158 valence electrons. The first-order valence-electron chi connectivity index (χ1n) is 8.87. The van der Waals surface area contributed by atoms with Gasteiger partial charge in [0.15, 0.2) is 0 Å². The van der Waals surface area contributed by atoms with Gasteiger partial charge in [-0.2, -0.15) is 0 Å². The van der Waals surface area contributed by atoms with E-state index in [9.17, 15) is 17.6 Å². The van der Waals surface area contributed by atoms with Crippen LogP contribution in [0.1, 0.15) is 28.8 Å². The van der Waals surface area contributed by atoms with Crippen molar-refractivity contribution in [2.75, 3.05) is 18.4 Å². The summed E-state index contributed by atoms with van der Waals surface area (Å²) in [7, 11) is -4.07. The molecule has 3 rings (SSSR count). The summed E-state index contributed by atoms with van der Waals surface area (Å²) in [6, 6.07) is 8.61. The van der Waals surface area contributed by atoms with Crippen molar-refractivity contribution in [3.05, 3.63) is 58.4 Å². The zero-order chi connectivity index (χ0) is 20.3. The van der Waals surface area contributed by atoms with Gasteiger partial charge in [-0.15, -0.1) is 12.4 Å². The van der Waals surface area contributed by atoms with Gasteiger partial charge in [-0.05, 0) is 50.6 Å². The second kappa shape index (κ2) is 9.86. The van der Waals surface area contributed by atoms with E-state index in [4.69, 9.17) is 11.6 Å². The van der Waals surface area contributed by atoms with Crippen LogP contribution in [0.4, 0.5) is 10.1 Å². The lowest BCUT2D eigenvalue weighted by Crippen LogP contribution is -2.42. The molecular formula is C19H22Cl2FN3O3S. The van der Waals surface area contributed by atoms with Crippen LogP contribution in [0.25, 0.3) is 0 Å². The molecule has 1 fully saturated rings. The summed E-state index contributed by atoms with van der Waals surface area (Å²) in [5.74, 6) is -1.44. The highest BCUT2D eigenvalue weighted by Crippen LogP contribution is 2.29. The molecule has 0 aliphatic carbocycles. The van der Waals surface area contributed by atoms with Crippen molar-refractivity contribution in [3.8, 4) is 0 Å². The zero-order valence-corrected chi connectivity index (χ0v) is 18.1. The molecule has 0 radical (unpaired) electrons. The van der Waals surface area contributed by atoms with Gasteiger partial charge in [-0.1, -0.05) is 29.8 Å². The highest BCUT2D eigenvalue weighted by Gasteiger charge is 2.26. The number of aryl methyl sites for hydroxylation is 1. The number of benzene rings is 2. The predicted octanol–water partition coefficient (Wildman–Crippen LogP) is 3.49. The fraction of sp³-hybridized carbons (Fsp3) is 0.316. The Kier molecular flexibility index (Phi) is 8.02. The Hall–Kier alpha value is -1.71. The monoisotopic (exact) mass is 461 g/mol. The molecule has 1 amide bonds. The van der Waals surface area contributed by atoms with Gasteiger partial charge >= 0.3 is 0 Å². The lowest BCUT2D eigenvalue weighted by molar-refractivity contribution is 0.102. The Morgan fingerprint density at radius 3 is 2.52 bits per heavy atom. The second-order valence-electron chi connectivity index (χ2n) is 6.68. The quantitative estimate of drug-likeness (QED) is 0.635. The Morgan fingerprint density at radius 1 is 1.21 bits per heavy atom. The third-order valence-electron chi connectivity index (χ3n) is 4.61. The lowest BCUT2D eigenvalue weighted by Gasteiger charge is -2.23. The van der Waals surface area contributed by atoms with Crippen molar-refractivity contribution in [1.29, 1.82) is 0 Å². The molecule has 0 spiro atoms. The van der Waals surface area contributed by atoms with Crippen LogP contribution < -0.4 is 15.4 Å². The van der Waals surface area contributed by atoms with Crippen molar-refractivity contribution >= 4 is 45.6 Å². The summed E-state index contributed by atoms with van der Waals surface area (Å²) >= 11 is 6.14. The van der Waals surface area contributed by atoms with Gasteiger partial charge in [0.2, 0.25) is 10.0 Å². The number of hydrogen-bond acceptors (Lipinski definition) is 4. The fourth-order valence-corrected chi connectivity index (χ4v) is 4.74. The number of nitrogens with one attached hydrogen (secondary N) is 3. The largest absolute Gasteiger partial charge is 0.321 e. The lowest BCUT2D eigenvalue weighted by atomic mass is 10.1. The predicted molar refractivity (Wildman–Crippen MR) is 114 cm³/mol. The molecule has 1 aliphatic heterocycles. The van der Waals surface area contributed by atoms with Crippen LogP contribution in [0.3, 0.4) is 0 Å². The SMILES string of the molecule is Cc1ccccc1C(=O)Nc1cc(F)c(S(=O)(=O)NC2CCNCC2)cc1Cl.Cl. The van der Waals surface area contributed by atoms with Crippen molar-refractivity contribution in [3.63, 3.8) is 0 Å². The Morgan fingerprint density at radius 2 is 1.86 bits per heavy atom. The molecule has 1 saturated heterocycles. The molecule has 10 heteroatoms. The molecule has 6 nitrogen and oxygen atoms in total. The minimum absolute atomic E-state index is 0. The number of anilines is 1. The normalized spacial score (nSPS) is 14.9. The summed E-state index contributed by atoms with van der Waals surface area (Å²) in [4.78, 5) is 11.9. The standard InChI is InChI=1S/C19H21ClFN3O3S.ClH/c1-12-4-2-3-5-14(12)19(25)23-17-11-16(21)18(10-15(17)20)28(26,27)24-13-6-8-22-9-7-13;/h2-5,10-11,13,22,24H,6-9H2,1H3,(H,23,25);1H. The molecule has 0 saturated carbocycles. The summed E-state index contributed by atoms with van der Waals surface area (Å²) in [5.41, 5.74) is 1.18. The maximum Gasteiger partial charge on any atom is 0.255 e. The number of carbonyl (C=O) groups excluding carboxylic acids is 1. The van der Waals surface area contributed by atoms with Crippen LogP contribution in [0, 0.1) is 12.7 Å². The molecule has 29 heavy (non-hydrogen) atoms. The summed E-state index contributed by atoms with van der Waals surface area (Å²) in [6.45, 7) is 3.17. The van der Waals surface area contributed by atoms with Crippen molar-refractivity contribution in [1.82, 2.24) is 10.0 Å². The van der Waals surface area contributed by atoms with Crippen molar-refractivity contribution < 1.29 is 17.6 Å². The Balaban J connectivity index is 0.00000300. The van der Waals surface area contributed by atoms with E-state index in [-0.39, 0.29) is 29.2 Å². The first kappa shape index (κ1) is 23.6. The average Bonchev–Trinajstić information content (AvgIpc) is 2.65. The highest BCUT2D eigenvalue weighted by molar-refractivity contribution is 7.89. The molecule has 3 N–H and O–H groups in total. The van der Waals surface area contributed by atoms with Gasteiger partial charge in [-0.3, -0.25) is 4.79 Å². The topological polar surface area (TPSA) is 87.3 Å². The minimum atomic E-state index is -4.07. The molecule has 2 aromatic carbocycles. The minimum Gasteiger partial charge on any atom is -0.321 e. The first-order valence-corrected chi connectivity index (χ1v) is 10.7. The van der Waals surface area contributed by atoms with E-state index in [2.05, 4.69) is 15.4 Å². The van der Waals surface area contributed by atoms with Gasteiger partial charge in [0.25, 0.3) is 5.91 Å². The Bertz CT molecular complexity index is 996.